The lowest BCUT2D eigenvalue weighted by atomic mass is 10.2. The number of hydrogen-bond acceptors (Lipinski definition) is 6. The molecule has 0 saturated heterocycles. The smallest absolute Gasteiger partial charge is 0.348 e. The van der Waals surface area contributed by atoms with Crippen molar-refractivity contribution in [2.45, 2.75) is 13.8 Å². The number of carbonyl (C=O) groups excluding carboxylic acids is 1. The first kappa shape index (κ1) is 16.3. The number of para-hydroxylation sites is 1. The summed E-state index contributed by atoms with van der Waals surface area (Å²) >= 11 is 0. The van der Waals surface area contributed by atoms with E-state index < -0.39 is 11.5 Å². The lowest BCUT2D eigenvalue weighted by Crippen LogP contribution is -2.26. The van der Waals surface area contributed by atoms with Crippen molar-refractivity contribution in [3.05, 3.63) is 58.1 Å². The maximum atomic E-state index is 11.7. The first-order valence-corrected chi connectivity index (χ1v) is 6.82. The summed E-state index contributed by atoms with van der Waals surface area (Å²) in [5.74, 6) is 0.0866. The number of aryl methyl sites for hydroxylation is 1. The molecule has 1 aromatic carbocycles. The van der Waals surface area contributed by atoms with Crippen molar-refractivity contribution in [3.63, 3.8) is 0 Å². The molecule has 120 valence electrons. The molecule has 0 bridgehead atoms. The highest BCUT2D eigenvalue weighted by Gasteiger charge is 2.13. The Kier molecular flexibility index (Phi) is 5.14. The van der Waals surface area contributed by atoms with Gasteiger partial charge < -0.3 is 14.3 Å². The monoisotopic (exact) mass is 316 g/mol. The van der Waals surface area contributed by atoms with Crippen LogP contribution in [0, 0.1) is 6.92 Å². The van der Waals surface area contributed by atoms with Gasteiger partial charge in [-0.15, -0.1) is 0 Å². The molecule has 0 aliphatic rings. The van der Waals surface area contributed by atoms with Crippen molar-refractivity contribution in [3.8, 4) is 11.5 Å². The van der Waals surface area contributed by atoms with Crippen molar-refractivity contribution in [1.82, 2.24) is 5.43 Å². The molecule has 1 aromatic heterocycles. The highest BCUT2D eigenvalue weighted by atomic mass is 16.5. The number of ether oxygens (including phenoxy) is 1. The van der Waals surface area contributed by atoms with Crippen molar-refractivity contribution < 1.29 is 19.1 Å². The standard InChI is InChI=1S/C16H16N2O5/c1-10-8-13(19)15(16(21)23-10)11(2)17-18-14(20)9-22-12-6-4-3-5-7-12/h3-8,19H,9H2,1-2H3,(H,18,20)/b17-11+. The van der Waals surface area contributed by atoms with Crippen LogP contribution >= 0.6 is 0 Å². The molecule has 1 heterocycles. The van der Waals surface area contributed by atoms with Gasteiger partial charge in [0.15, 0.2) is 6.61 Å². The Morgan fingerprint density at radius 2 is 2.04 bits per heavy atom. The quantitative estimate of drug-likeness (QED) is 0.644. The van der Waals surface area contributed by atoms with Gasteiger partial charge in [0, 0.05) is 6.07 Å². The van der Waals surface area contributed by atoms with Crippen LogP contribution in [0.3, 0.4) is 0 Å². The summed E-state index contributed by atoms with van der Waals surface area (Å²) in [5, 5.41) is 13.6. The molecular formula is C16H16N2O5. The number of hydrogen-bond donors (Lipinski definition) is 2. The molecule has 2 N–H and O–H groups in total. The van der Waals surface area contributed by atoms with E-state index in [4.69, 9.17) is 9.15 Å². The summed E-state index contributed by atoms with van der Waals surface area (Å²) in [6, 6.07) is 10.1. The fraction of sp³-hybridized carbons (Fsp3) is 0.188. The van der Waals surface area contributed by atoms with Crippen LogP contribution in [0.25, 0.3) is 0 Å². The molecule has 0 atom stereocenters. The van der Waals surface area contributed by atoms with Crippen LogP contribution in [0.2, 0.25) is 0 Å². The molecule has 2 rings (SSSR count). The van der Waals surface area contributed by atoms with Gasteiger partial charge in [-0.1, -0.05) is 18.2 Å². The molecule has 1 amide bonds. The van der Waals surface area contributed by atoms with E-state index in [0.29, 0.717) is 5.75 Å². The predicted molar refractivity (Wildman–Crippen MR) is 83.7 cm³/mol. The Morgan fingerprint density at radius 1 is 1.35 bits per heavy atom. The lowest BCUT2D eigenvalue weighted by Gasteiger charge is -2.06. The van der Waals surface area contributed by atoms with E-state index in [0.717, 1.165) is 0 Å². The second kappa shape index (κ2) is 7.26. The van der Waals surface area contributed by atoms with E-state index in [9.17, 15) is 14.7 Å². The second-order valence-corrected chi connectivity index (χ2v) is 4.74. The number of rotatable bonds is 5. The van der Waals surface area contributed by atoms with Gasteiger partial charge in [-0.3, -0.25) is 4.79 Å². The normalized spacial score (nSPS) is 11.1. The third-order valence-corrected chi connectivity index (χ3v) is 2.88. The lowest BCUT2D eigenvalue weighted by molar-refractivity contribution is -0.123. The third kappa shape index (κ3) is 4.44. The zero-order chi connectivity index (χ0) is 16.8. The highest BCUT2D eigenvalue weighted by Crippen LogP contribution is 2.15. The molecule has 0 unspecified atom stereocenters. The molecular weight excluding hydrogens is 300 g/mol. The van der Waals surface area contributed by atoms with Gasteiger partial charge in [0.25, 0.3) is 5.91 Å². The largest absolute Gasteiger partial charge is 0.507 e. The summed E-state index contributed by atoms with van der Waals surface area (Å²) in [7, 11) is 0. The van der Waals surface area contributed by atoms with E-state index in [1.54, 1.807) is 31.2 Å². The van der Waals surface area contributed by atoms with Gasteiger partial charge in [-0.05, 0) is 26.0 Å². The number of nitrogens with zero attached hydrogens (tertiary/aromatic N) is 1. The van der Waals surface area contributed by atoms with Gasteiger partial charge in [-0.25, -0.2) is 10.2 Å². The topological polar surface area (TPSA) is 101 Å². The van der Waals surface area contributed by atoms with Crippen LogP contribution in [0.4, 0.5) is 0 Å². The van der Waals surface area contributed by atoms with E-state index >= 15 is 0 Å². The van der Waals surface area contributed by atoms with Crippen molar-refractivity contribution in [1.29, 1.82) is 0 Å². The van der Waals surface area contributed by atoms with E-state index in [1.165, 1.54) is 13.0 Å². The van der Waals surface area contributed by atoms with Crippen LogP contribution in [-0.2, 0) is 4.79 Å². The van der Waals surface area contributed by atoms with Crippen molar-refractivity contribution in [2.75, 3.05) is 6.61 Å². The van der Waals surface area contributed by atoms with Crippen molar-refractivity contribution in [2.24, 2.45) is 5.10 Å². The number of amides is 1. The minimum Gasteiger partial charge on any atom is -0.507 e. The van der Waals surface area contributed by atoms with Crippen LogP contribution in [0.5, 0.6) is 11.5 Å². The first-order chi connectivity index (χ1) is 11.0. The average molecular weight is 316 g/mol. The summed E-state index contributed by atoms with van der Waals surface area (Å²) in [6.45, 7) is 2.79. The van der Waals surface area contributed by atoms with Gasteiger partial charge in [0.1, 0.15) is 22.8 Å². The van der Waals surface area contributed by atoms with Gasteiger partial charge >= 0.3 is 5.63 Å². The minimum atomic E-state index is -0.724. The summed E-state index contributed by atoms with van der Waals surface area (Å²) < 4.78 is 10.1. The Hall–Kier alpha value is -3.09. The molecule has 0 saturated carbocycles. The zero-order valence-electron chi connectivity index (χ0n) is 12.7. The molecule has 0 aliphatic heterocycles. The molecule has 0 radical (unpaired) electrons. The highest BCUT2D eigenvalue weighted by molar-refractivity contribution is 6.01. The molecule has 0 aliphatic carbocycles. The molecule has 0 fully saturated rings. The Morgan fingerprint density at radius 3 is 2.70 bits per heavy atom. The third-order valence-electron chi connectivity index (χ3n) is 2.88. The zero-order valence-corrected chi connectivity index (χ0v) is 12.7. The van der Waals surface area contributed by atoms with Gasteiger partial charge in [0.05, 0.1) is 5.71 Å². The number of nitrogens with one attached hydrogen (secondary N) is 1. The van der Waals surface area contributed by atoms with Gasteiger partial charge in [0.2, 0.25) is 0 Å². The van der Waals surface area contributed by atoms with Crippen LogP contribution in [0.15, 0.2) is 50.7 Å². The fourth-order valence-corrected chi connectivity index (χ4v) is 1.83. The minimum absolute atomic E-state index is 0.0973. The van der Waals surface area contributed by atoms with Crippen LogP contribution in [-0.4, -0.2) is 23.3 Å². The number of hydrazone groups is 1. The second-order valence-electron chi connectivity index (χ2n) is 4.74. The van der Waals surface area contributed by atoms with Crippen molar-refractivity contribution >= 4 is 11.6 Å². The van der Waals surface area contributed by atoms with Crippen LogP contribution in [0.1, 0.15) is 18.2 Å². The summed E-state index contributed by atoms with van der Waals surface area (Å²) in [5.41, 5.74) is 1.56. The number of aromatic hydroxyl groups is 1. The Balaban J connectivity index is 1.99. The predicted octanol–water partition coefficient (Wildman–Crippen LogP) is 1.57. The van der Waals surface area contributed by atoms with E-state index in [-0.39, 0.29) is 29.4 Å². The molecule has 0 spiro atoms. The first-order valence-electron chi connectivity index (χ1n) is 6.82. The molecule has 7 nitrogen and oxygen atoms in total. The van der Waals surface area contributed by atoms with Crippen LogP contribution < -0.4 is 15.8 Å². The Labute approximate surface area is 132 Å². The molecule has 2 aromatic rings. The maximum Gasteiger partial charge on any atom is 0.348 e. The summed E-state index contributed by atoms with van der Waals surface area (Å²) in [6.07, 6.45) is 0. The Bertz CT molecular complexity index is 781. The maximum absolute atomic E-state index is 11.7. The van der Waals surface area contributed by atoms with Gasteiger partial charge in [-0.2, -0.15) is 5.10 Å². The average Bonchev–Trinajstić information content (AvgIpc) is 2.51. The SMILES string of the molecule is C/C(=N\NC(=O)COc1ccccc1)c1c(O)cc(C)oc1=O. The molecule has 23 heavy (non-hydrogen) atoms. The fourth-order valence-electron chi connectivity index (χ4n) is 1.83. The number of benzene rings is 1. The summed E-state index contributed by atoms with van der Waals surface area (Å²) in [4.78, 5) is 23.4. The van der Waals surface area contributed by atoms with E-state index in [2.05, 4.69) is 10.5 Å². The molecule has 7 heteroatoms. The van der Waals surface area contributed by atoms with E-state index in [1.807, 2.05) is 6.07 Å². The number of carbonyl (C=O) groups is 1.